The predicted octanol–water partition coefficient (Wildman–Crippen LogP) is 1.45. The molecule has 122 valence electrons. The fraction of sp³-hybridized carbons (Fsp3) is 0.571. The second-order valence-electron chi connectivity index (χ2n) is 5.40. The summed E-state index contributed by atoms with van der Waals surface area (Å²) in [5.74, 6) is -2.84. The van der Waals surface area contributed by atoms with Crippen LogP contribution in [0.4, 0.5) is 13.2 Å². The molecule has 1 amide bonds. The van der Waals surface area contributed by atoms with Crippen LogP contribution >= 0.6 is 0 Å². The predicted molar refractivity (Wildman–Crippen MR) is 73.2 cm³/mol. The Morgan fingerprint density at radius 2 is 2.18 bits per heavy atom. The zero-order valence-corrected chi connectivity index (χ0v) is 12.4. The number of rotatable bonds is 4. The van der Waals surface area contributed by atoms with Crippen LogP contribution in [0.2, 0.25) is 0 Å². The molecule has 1 aromatic rings. The second-order valence-corrected chi connectivity index (χ2v) is 5.40. The minimum Gasteiger partial charge on any atom is -0.481 e. The molecule has 1 saturated heterocycles. The van der Waals surface area contributed by atoms with Crippen molar-refractivity contribution in [3.05, 3.63) is 23.9 Å². The minimum absolute atomic E-state index is 0.108. The van der Waals surface area contributed by atoms with Gasteiger partial charge < -0.3 is 15.0 Å². The number of carbonyl (C=O) groups excluding carboxylic acids is 1. The van der Waals surface area contributed by atoms with Crippen LogP contribution in [0.15, 0.2) is 18.3 Å². The summed E-state index contributed by atoms with van der Waals surface area (Å²) in [6, 6.07) is 3.33. The number of carbonyl (C=O) groups is 1. The first kappa shape index (κ1) is 16.5. The Hall–Kier alpha value is -1.83. The van der Waals surface area contributed by atoms with Crippen LogP contribution in [0, 0.1) is 11.8 Å². The molecule has 22 heavy (non-hydrogen) atoms. The van der Waals surface area contributed by atoms with E-state index in [1.54, 1.807) is 19.2 Å². The number of hydrogen-bond acceptors (Lipinski definition) is 4. The molecule has 0 spiro atoms. The second kappa shape index (κ2) is 6.51. The third-order valence-corrected chi connectivity index (χ3v) is 3.73. The lowest BCUT2D eigenvalue weighted by Gasteiger charge is -2.20. The van der Waals surface area contributed by atoms with E-state index in [2.05, 4.69) is 10.3 Å². The summed E-state index contributed by atoms with van der Waals surface area (Å²) < 4.78 is 43.8. The van der Waals surface area contributed by atoms with Crippen molar-refractivity contribution in [2.24, 2.45) is 11.8 Å². The van der Waals surface area contributed by atoms with Crippen molar-refractivity contribution in [3.8, 4) is 5.88 Å². The summed E-state index contributed by atoms with van der Waals surface area (Å²) in [5, 5.41) is 2.55. The zero-order chi connectivity index (χ0) is 16.3. The quantitative estimate of drug-likeness (QED) is 0.913. The van der Waals surface area contributed by atoms with Crippen molar-refractivity contribution in [3.63, 3.8) is 0 Å². The lowest BCUT2D eigenvalue weighted by molar-refractivity contribution is -0.183. The van der Waals surface area contributed by atoms with Gasteiger partial charge in [-0.15, -0.1) is 0 Å². The van der Waals surface area contributed by atoms with Gasteiger partial charge in [-0.1, -0.05) is 6.07 Å². The summed E-state index contributed by atoms with van der Waals surface area (Å²) in [6.45, 7) is 0.100. The minimum atomic E-state index is -4.37. The number of nitrogens with zero attached hydrogens (tertiary/aromatic N) is 2. The highest BCUT2D eigenvalue weighted by molar-refractivity contribution is 5.79. The zero-order valence-electron chi connectivity index (χ0n) is 12.4. The van der Waals surface area contributed by atoms with E-state index >= 15 is 0 Å². The topological polar surface area (TPSA) is 54.5 Å². The summed E-state index contributed by atoms with van der Waals surface area (Å²) in [7, 11) is 3.07. The van der Waals surface area contributed by atoms with E-state index in [0.717, 1.165) is 0 Å². The first-order valence-electron chi connectivity index (χ1n) is 6.83. The van der Waals surface area contributed by atoms with E-state index in [-0.39, 0.29) is 19.6 Å². The summed E-state index contributed by atoms with van der Waals surface area (Å²) in [5.41, 5.74) is 0.698. The van der Waals surface area contributed by atoms with Gasteiger partial charge in [-0.05, 0) is 12.6 Å². The Balaban J connectivity index is 1.95. The van der Waals surface area contributed by atoms with Gasteiger partial charge in [0.1, 0.15) is 0 Å². The average Bonchev–Trinajstić information content (AvgIpc) is 2.87. The number of aromatic nitrogens is 1. The molecule has 0 radical (unpaired) electrons. The molecule has 2 rings (SSSR count). The van der Waals surface area contributed by atoms with Gasteiger partial charge in [-0.2, -0.15) is 13.2 Å². The monoisotopic (exact) mass is 317 g/mol. The third kappa shape index (κ3) is 3.88. The maximum Gasteiger partial charge on any atom is 0.393 e. The number of amides is 1. The Kier molecular flexibility index (Phi) is 4.90. The van der Waals surface area contributed by atoms with Gasteiger partial charge in [0.25, 0.3) is 0 Å². The van der Waals surface area contributed by atoms with E-state index in [4.69, 9.17) is 4.74 Å². The molecule has 8 heteroatoms. The maximum atomic E-state index is 13.0. The molecule has 0 aliphatic carbocycles. The van der Waals surface area contributed by atoms with Gasteiger partial charge in [0.15, 0.2) is 0 Å². The summed E-state index contributed by atoms with van der Waals surface area (Å²) in [6.07, 6.45) is -2.85. The van der Waals surface area contributed by atoms with Crippen LogP contribution in [0.25, 0.3) is 0 Å². The van der Waals surface area contributed by atoms with E-state index in [1.165, 1.54) is 18.2 Å². The molecule has 1 N–H and O–H groups in total. The molecular formula is C14H18F3N3O2. The maximum absolute atomic E-state index is 13.0. The van der Waals surface area contributed by atoms with Crippen molar-refractivity contribution in [2.45, 2.75) is 12.7 Å². The summed E-state index contributed by atoms with van der Waals surface area (Å²) >= 11 is 0. The lowest BCUT2D eigenvalue weighted by atomic mass is 9.94. The Labute approximate surface area is 126 Å². The number of hydrogen-bond donors (Lipinski definition) is 1. The number of methoxy groups -OCH3 is 1. The largest absolute Gasteiger partial charge is 0.481 e. The van der Waals surface area contributed by atoms with Gasteiger partial charge in [-0.25, -0.2) is 4.98 Å². The number of halogens is 3. The molecule has 0 unspecified atom stereocenters. The van der Waals surface area contributed by atoms with Crippen LogP contribution in [-0.4, -0.2) is 49.2 Å². The fourth-order valence-corrected chi connectivity index (χ4v) is 2.55. The van der Waals surface area contributed by atoms with E-state index in [1.807, 2.05) is 0 Å². The summed E-state index contributed by atoms with van der Waals surface area (Å²) in [4.78, 5) is 17.6. The molecule has 5 nitrogen and oxygen atoms in total. The number of ether oxygens (including phenoxy) is 1. The van der Waals surface area contributed by atoms with Gasteiger partial charge >= 0.3 is 6.18 Å². The number of nitrogens with one attached hydrogen (secondary N) is 1. The molecule has 1 aliphatic heterocycles. The van der Waals surface area contributed by atoms with E-state index in [0.29, 0.717) is 11.4 Å². The lowest BCUT2D eigenvalue weighted by Crippen LogP contribution is -2.39. The molecule has 1 aromatic heterocycles. The van der Waals surface area contributed by atoms with Crippen molar-refractivity contribution < 1.29 is 22.7 Å². The van der Waals surface area contributed by atoms with Crippen LogP contribution in [0.3, 0.4) is 0 Å². The van der Waals surface area contributed by atoms with Crippen LogP contribution in [0.1, 0.15) is 5.56 Å². The van der Waals surface area contributed by atoms with Crippen LogP contribution < -0.4 is 10.1 Å². The van der Waals surface area contributed by atoms with Crippen molar-refractivity contribution in [1.82, 2.24) is 15.2 Å². The molecule has 1 aliphatic rings. The number of alkyl halides is 3. The molecule has 2 heterocycles. The van der Waals surface area contributed by atoms with Crippen molar-refractivity contribution in [1.29, 1.82) is 0 Å². The number of pyridine rings is 1. The van der Waals surface area contributed by atoms with Crippen LogP contribution in [0.5, 0.6) is 5.88 Å². The Bertz CT molecular complexity index is 519. The Morgan fingerprint density at radius 3 is 2.73 bits per heavy atom. The highest BCUT2D eigenvalue weighted by Gasteiger charge is 2.51. The standard InChI is InChI=1S/C14H18F3N3O2/c1-20-7-10(11(8-20)14(15,16)17)13(21)19-6-9-3-4-12(22-2)18-5-9/h3-5,10-11H,6-8H2,1-2H3,(H,19,21)/t10-,11-/m1/s1. The van der Waals surface area contributed by atoms with E-state index in [9.17, 15) is 18.0 Å². The van der Waals surface area contributed by atoms with Gasteiger partial charge in [0.2, 0.25) is 11.8 Å². The first-order chi connectivity index (χ1) is 10.3. The molecular weight excluding hydrogens is 299 g/mol. The molecule has 1 fully saturated rings. The fourth-order valence-electron chi connectivity index (χ4n) is 2.55. The molecule has 0 aromatic carbocycles. The highest BCUT2D eigenvalue weighted by atomic mass is 19.4. The van der Waals surface area contributed by atoms with Gasteiger partial charge in [0.05, 0.1) is 18.9 Å². The SMILES string of the molecule is COc1ccc(CNC(=O)[C@@H]2CN(C)C[C@H]2C(F)(F)F)cn1. The highest BCUT2D eigenvalue weighted by Crippen LogP contribution is 2.37. The Morgan fingerprint density at radius 1 is 1.45 bits per heavy atom. The molecule has 0 saturated carbocycles. The molecule has 2 atom stereocenters. The van der Waals surface area contributed by atoms with Crippen LogP contribution in [-0.2, 0) is 11.3 Å². The smallest absolute Gasteiger partial charge is 0.393 e. The third-order valence-electron chi connectivity index (χ3n) is 3.73. The van der Waals surface area contributed by atoms with Crippen molar-refractivity contribution >= 4 is 5.91 Å². The van der Waals surface area contributed by atoms with Gasteiger partial charge in [0, 0.05) is 31.9 Å². The van der Waals surface area contributed by atoms with Gasteiger partial charge in [-0.3, -0.25) is 4.79 Å². The van der Waals surface area contributed by atoms with Crippen molar-refractivity contribution in [2.75, 3.05) is 27.2 Å². The van der Waals surface area contributed by atoms with E-state index < -0.39 is 23.9 Å². The molecule has 0 bridgehead atoms. The number of likely N-dealkylation sites (tertiary alicyclic amines) is 1. The normalized spacial score (nSPS) is 22.6. The first-order valence-corrected chi connectivity index (χ1v) is 6.83. The average molecular weight is 317 g/mol.